The molecule has 1 fully saturated rings. The van der Waals surface area contributed by atoms with E-state index in [1.807, 2.05) is 24.3 Å². The second-order valence-electron chi connectivity index (χ2n) is 7.45. The van der Waals surface area contributed by atoms with Crippen molar-refractivity contribution in [3.05, 3.63) is 59.7 Å². The number of aliphatic hydroxyl groups excluding tert-OH is 1. The molecule has 0 spiro atoms. The van der Waals surface area contributed by atoms with Gasteiger partial charge in [-0.2, -0.15) is 0 Å². The second-order valence-corrected chi connectivity index (χ2v) is 7.45. The molecule has 5 nitrogen and oxygen atoms in total. The first-order valence-corrected chi connectivity index (χ1v) is 9.63. The number of hydrogen-bond donors (Lipinski definition) is 1. The Labute approximate surface area is 166 Å². The predicted octanol–water partition coefficient (Wildman–Crippen LogP) is 3.80. The van der Waals surface area contributed by atoms with Crippen LogP contribution in [0.25, 0.3) is 0 Å². The minimum absolute atomic E-state index is 0.433. The minimum Gasteiger partial charge on any atom is -0.497 e. The zero-order chi connectivity index (χ0) is 20.1. The van der Waals surface area contributed by atoms with Crippen LogP contribution in [0, 0.1) is 17.8 Å². The quantitative estimate of drug-likeness (QED) is 0.666. The highest BCUT2D eigenvalue weighted by molar-refractivity contribution is 5.72. The lowest BCUT2D eigenvalue weighted by molar-refractivity contribution is -0.148. The van der Waals surface area contributed by atoms with Crippen molar-refractivity contribution in [3.8, 4) is 11.5 Å². The van der Waals surface area contributed by atoms with E-state index in [4.69, 9.17) is 14.2 Å². The van der Waals surface area contributed by atoms with Crippen molar-refractivity contribution in [2.24, 2.45) is 17.8 Å². The number of ether oxygens (including phenoxy) is 3. The molecule has 4 atom stereocenters. The molecule has 3 rings (SSSR count). The van der Waals surface area contributed by atoms with Crippen molar-refractivity contribution in [2.75, 3.05) is 20.8 Å². The smallest absolute Gasteiger partial charge is 0.311 e. The average Bonchev–Trinajstić information content (AvgIpc) is 3.48. The molecule has 2 unspecified atom stereocenters. The number of rotatable bonds is 9. The molecule has 0 aliphatic heterocycles. The second kappa shape index (κ2) is 9.11. The van der Waals surface area contributed by atoms with Gasteiger partial charge in [-0.15, -0.1) is 0 Å². The van der Waals surface area contributed by atoms with Gasteiger partial charge in [-0.1, -0.05) is 24.3 Å². The Kier molecular flexibility index (Phi) is 6.57. The lowest BCUT2D eigenvalue weighted by Gasteiger charge is -2.17. The van der Waals surface area contributed by atoms with Crippen LogP contribution in [-0.2, 0) is 16.0 Å². The summed E-state index contributed by atoms with van der Waals surface area (Å²) in [6.07, 6.45) is 1.26. The first kappa shape index (κ1) is 20.2. The number of methoxy groups -OCH3 is 2. The van der Waals surface area contributed by atoms with Crippen LogP contribution in [0.4, 0.5) is 0 Å². The Morgan fingerprint density at radius 1 is 1.11 bits per heavy atom. The van der Waals surface area contributed by atoms with Crippen LogP contribution in [0.2, 0.25) is 0 Å². The molecule has 1 aliphatic carbocycles. The average molecular weight is 384 g/mol. The van der Waals surface area contributed by atoms with Gasteiger partial charge in [0.05, 0.1) is 32.8 Å². The number of aliphatic hydroxyl groups is 1. The van der Waals surface area contributed by atoms with Crippen LogP contribution in [0.1, 0.15) is 30.6 Å². The SMILES string of the molecule is COC(=O)[C@@H](C)[C@@H](O)c1cccc(OCC2CC2Cc2cccc(OC)c2)c1. The molecule has 0 radical (unpaired) electrons. The van der Waals surface area contributed by atoms with Crippen LogP contribution in [0.5, 0.6) is 11.5 Å². The molecule has 1 aliphatic rings. The number of benzene rings is 2. The molecule has 0 saturated heterocycles. The molecular weight excluding hydrogens is 356 g/mol. The predicted molar refractivity (Wildman–Crippen MR) is 106 cm³/mol. The van der Waals surface area contributed by atoms with Gasteiger partial charge >= 0.3 is 5.97 Å². The van der Waals surface area contributed by atoms with Gasteiger partial charge in [0.1, 0.15) is 11.5 Å². The van der Waals surface area contributed by atoms with Gasteiger partial charge in [0, 0.05) is 0 Å². The Morgan fingerprint density at radius 2 is 1.86 bits per heavy atom. The van der Waals surface area contributed by atoms with E-state index >= 15 is 0 Å². The summed E-state index contributed by atoms with van der Waals surface area (Å²) in [5.41, 5.74) is 1.94. The van der Waals surface area contributed by atoms with Crippen LogP contribution in [0.15, 0.2) is 48.5 Å². The lowest BCUT2D eigenvalue weighted by atomic mass is 9.97. The van der Waals surface area contributed by atoms with Crippen molar-refractivity contribution < 1.29 is 24.1 Å². The minimum atomic E-state index is -0.919. The highest BCUT2D eigenvalue weighted by Crippen LogP contribution is 2.41. The van der Waals surface area contributed by atoms with E-state index in [2.05, 4.69) is 12.1 Å². The van der Waals surface area contributed by atoms with Gasteiger partial charge in [0.2, 0.25) is 0 Å². The fraction of sp³-hybridized carbons (Fsp3) is 0.435. The summed E-state index contributed by atoms with van der Waals surface area (Å²) in [6, 6.07) is 15.5. The van der Waals surface area contributed by atoms with Crippen LogP contribution >= 0.6 is 0 Å². The highest BCUT2D eigenvalue weighted by Gasteiger charge is 2.37. The van der Waals surface area contributed by atoms with E-state index in [9.17, 15) is 9.90 Å². The maximum Gasteiger partial charge on any atom is 0.311 e. The highest BCUT2D eigenvalue weighted by atomic mass is 16.5. The maximum atomic E-state index is 11.6. The summed E-state index contributed by atoms with van der Waals surface area (Å²) in [5, 5.41) is 10.4. The molecule has 2 aromatic rings. The summed E-state index contributed by atoms with van der Waals surface area (Å²) in [4.78, 5) is 11.6. The van der Waals surface area contributed by atoms with Gasteiger partial charge in [0.25, 0.3) is 0 Å². The molecule has 0 heterocycles. The first-order chi connectivity index (χ1) is 13.5. The van der Waals surface area contributed by atoms with Gasteiger partial charge in [0.15, 0.2) is 0 Å². The van der Waals surface area contributed by atoms with Gasteiger partial charge in [-0.25, -0.2) is 0 Å². The summed E-state index contributed by atoms with van der Waals surface area (Å²) >= 11 is 0. The van der Waals surface area contributed by atoms with Crippen molar-refractivity contribution in [1.29, 1.82) is 0 Å². The van der Waals surface area contributed by atoms with E-state index in [0.717, 1.165) is 18.6 Å². The largest absolute Gasteiger partial charge is 0.497 e. The Hall–Kier alpha value is -2.53. The standard InChI is InChI=1S/C23H28O5/c1-15(23(25)27-3)22(24)17-7-5-9-21(13-17)28-14-19-12-18(19)10-16-6-4-8-20(11-16)26-2/h4-9,11,13,15,18-19,22,24H,10,12,14H2,1-3H3/t15-,18?,19?,22+/m0/s1. The monoisotopic (exact) mass is 384 g/mol. The van der Waals surface area contributed by atoms with Gasteiger partial charge in [-0.05, 0) is 67.0 Å². The zero-order valence-corrected chi connectivity index (χ0v) is 16.6. The normalized spacial score (nSPS) is 20.1. The molecule has 28 heavy (non-hydrogen) atoms. The molecule has 0 bridgehead atoms. The third kappa shape index (κ3) is 5.04. The molecule has 2 aromatic carbocycles. The Bertz CT molecular complexity index is 803. The fourth-order valence-corrected chi connectivity index (χ4v) is 3.46. The molecule has 1 N–H and O–H groups in total. The Balaban J connectivity index is 1.51. The van der Waals surface area contributed by atoms with E-state index < -0.39 is 18.0 Å². The third-order valence-corrected chi connectivity index (χ3v) is 5.41. The van der Waals surface area contributed by atoms with E-state index in [0.29, 0.717) is 29.8 Å². The third-order valence-electron chi connectivity index (χ3n) is 5.41. The van der Waals surface area contributed by atoms with Crippen LogP contribution in [0.3, 0.4) is 0 Å². The molecular formula is C23H28O5. The summed E-state index contributed by atoms with van der Waals surface area (Å²) < 4.78 is 15.9. The molecule has 1 saturated carbocycles. The fourth-order valence-electron chi connectivity index (χ4n) is 3.46. The number of hydrogen-bond acceptors (Lipinski definition) is 5. The number of carbonyl (C=O) groups is 1. The summed E-state index contributed by atoms with van der Waals surface area (Å²) in [5.74, 6) is 1.70. The molecule has 150 valence electrons. The summed E-state index contributed by atoms with van der Waals surface area (Å²) in [7, 11) is 3.01. The zero-order valence-electron chi connectivity index (χ0n) is 16.6. The van der Waals surface area contributed by atoms with E-state index in [1.54, 1.807) is 26.2 Å². The van der Waals surface area contributed by atoms with Crippen molar-refractivity contribution in [2.45, 2.75) is 25.9 Å². The molecule has 0 amide bonds. The van der Waals surface area contributed by atoms with Crippen molar-refractivity contribution in [3.63, 3.8) is 0 Å². The van der Waals surface area contributed by atoms with Crippen LogP contribution in [-0.4, -0.2) is 31.9 Å². The topological polar surface area (TPSA) is 65.0 Å². The maximum absolute atomic E-state index is 11.6. The van der Waals surface area contributed by atoms with Crippen molar-refractivity contribution >= 4 is 5.97 Å². The lowest BCUT2D eigenvalue weighted by Crippen LogP contribution is -2.20. The summed E-state index contributed by atoms with van der Waals surface area (Å²) in [6.45, 7) is 2.30. The number of carbonyl (C=O) groups excluding carboxylic acids is 1. The van der Waals surface area contributed by atoms with E-state index in [-0.39, 0.29) is 0 Å². The molecule has 5 heteroatoms. The number of esters is 1. The van der Waals surface area contributed by atoms with Gasteiger partial charge in [-0.3, -0.25) is 4.79 Å². The van der Waals surface area contributed by atoms with Crippen LogP contribution < -0.4 is 9.47 Å². The molecule has 0 aromatic heterocycles. The van der Waals surface area contributed by atoms with Gasteiger partial charge < -0.3 is 19.3 Å². The van der Waals surface area contributed by atoms with Crippen molar-refractivity contribution in [1.82, 2.24) is 0 Å². The van der Waals surface area contributed by atoms with E-state index in [1.165, 1.54) is 12.7 Å². The Morgan fingerprint density at radius 3 is 2.61 bits per heavy atom. The first-order valence-electron chi connectivity index (χ1n) is 9.63.